The summed E-state index contributed by atoms with van der Waals surface area (Å²) in [5.41, 5.74) is 1.40. The van der Waals surface area contributed by atoms with Crippen LogP contribution in [0.1, 0.15) is 43.1 Å². The summed E-state index contributed by atoms with van der Waals surface area (Å²) in [4.78, 5) is 12.6. The van der Waals surface area contributed by atoms with Crippen LogP contribution in [0.2, 0.25) is 0 Å². The molecule has 1 fully saturated rings. The second-order valence-corrected chi connectivity index (χ2v) is 8.94. The van der Waals surface area contributed by atoms with Crippen LogP contribution in [0.4, 0.5) is 0 Å². The van der Waals surface area contributed by atoms with Gasteiger partial charge in [0.2, 0.25) is 10.0 Å². The molecule has 1 heterocycles. The van der Waals surface area contributed by atoms with E-state index < -0.39 is 10.0 Å². The number of hydrogen-bond donors (Lipinski definition) is 3. The van der Waals surface area contributed by atoms with Gasteiger partial charge in [-0.15, -0.1) is 0 Å². The van der Waals surface area contributed by atoms with E-state index in [9.17, 15) is 13.2 Å². The van der Waals surface area contributed by atoms with Gasteiger partial charge in [-0.05, 0) is 50.1 Å². The van der Waals surface area contributed by atoms with Crippen LogP contribution in [0.25, 0.3) is 11.3 Å². The highest BCUT2D eigenvalue weighted by Crippen LogP contribution is 2.29. The number of aromatic nitrogens is 2. The number of H-pyrrole nitrogens is 1. The van der Waals surface area contributed by atoms with Crippen molar-refractivity contribution in [2.24, 2.45) is 5.92 Å². The highest BCUT2D eigenvalue weighted by molar-refractivity contribution is 7.89. The lowest BCUT2D eigenvalue weighted by Crippen LogP contribution is -2.41. The third kappa shape index (κ3) is 4.20. The van der Waals surface area contributed by atoms with Crippen molar-refractivity contribution in [3.63, 3.8) is 0 Å². The van der Waals surface area contributed by atoms with Crippen molar-refractivity contribution in [1.29, 1.82) is 0 Å². The monoisotopic (exact) mass is 406 g/mol. The summed E-state index contributed by atoms with van der Waals surface area (Å²) in [7, 11) is -0.951. The van der Waals surface area contributed by atoms with E-state index >= 15 is 0 Å². The first-order chi connectivity index (χ1) is 13.4. The Kier molecular flexibility index (Phi) is 6.04. The Bertz CT molecular complexity index is 955. The summed E-state index contributed by atoms with van der Waals surface area (Å²) in [5, 5.41) is 10.0. The number of rotatable bonds is 6. The highest BCUT2D eigenvalue weighted by Gasteiger charge is 2.24. The van der Waals surface area contributed by atoms with Gasteiger partial charge >= 0.3 is 0 Å². The van der Waals surface area contributed by atoms with E-state index in [2.05, 4.69) is 27.2 Å². The van der Waals surface area contributed by atoms with Crippen LogP contribution in [-0.4, -0.2) is 44.7 Å². The lowest BCUT2D eigenvalue weighted by atomic mass is 9.86. The molecule has 3 rings (SSSR count). The fourth-order valence-corrected chi connectivity index (χ4v) is 4.44. The average molecular weight is 407 g/mol. The lowest BCUT2D eigenvalue weighted by Gasteiger charge is -2.29. The number of hydrogen-bond acceptors (Lipinski definition) is 5. The Labute approximate surface area is 165 Å². The number of aromatic amines is 1. The molecule has 152 valence electrons. The van der Waals surface area contributed by atoms with E-state index in [1.165, 1.54) is 26.6 Å². The van der Waals surface area contributed by atoms with Crippen molar-refractivity contribution in [3.05, 3.63) is 30.0 Å². The molecular weight excluding hydrogens is 380 g/mol. The molecule has 2 aromatic rings. The predicted octanol–water partition coefficient (Wildman–Crippen LogP) is 2.30. The number of benzene rings is 1. The molecule has 0 aliphatic heterocycles. The first-order valence-corrected chi connectivity index (χ1v) is 10.8. The topological polar surface area (TPSA) is 113 Å². The minimum absolute atomic E-state index is 0.0139. The number of sulfonamides is 1. The van der Waals surface area contributed by atoms with Crippen molar-refractivity contribution in [2.75, 3.05) is 14.2 Å². The second-order valence-electron chi connectivity index (χ2n) is 7.08. The zero-order valence-electron chi connectivity index (χ0n) is 16.3. The second kappa shape index (κ2) is 8.32. The molecule has 3 N–H and O–H groups in total. The van der Waals surface area contributed by atoms with Gasteiger partial charge in [0.25, 0.3) is 5.91 Å². The molecule has 1 aromatic heterocycles. The highest BCUT2D eigenvalue weighted by atomic mass is 32.2. The van der Waals surface area contributed by atoms with Gasteiger partial charge in [0.05, 0.1) is 12.8 Å². The lowest BCUT2D eigenvalue weighted by molar-refractivity contribution is 0.0905. The Morgan fingerprint density at radius 1 is 1.25 bits per heavy atom. The average Bonchev–Trinajstić information content (AvgIpc) is 3.19. The van der Waals surface area contributed by atoms with E-state index in [4.69, 9.17) is 4.74 Å². The van der Waals surface area contributed by atoms with E-state index in [-0.39, 0.29) is 22.6 Å². The first-order valence-electron chi connectivity index (χ1n) is 9.34. The summed E-state index contributed by atoms with van der Waals surface area (Å²) in [6.45, 7) is 2.16. The molecule has 8 nitrogen and oxygen atoms in total. The molecule has 9 heteroatoms. The van der Waals surface area contributed by atoms with Crippen LogP contribution in [0.15, 0.2) is 29.2 Å². The molecule has 1 aliphatic rings. The number of nitrogens with zero attached hydrogens (tertiary/aromatic N) is 1. The van der Waals surface area contributed by atoms with Gasteiger partial charge in [0, 0.05) is 11.6 Å². The molecule has 1 saturated carbocycles. The fraction of sp³-hybridized carbons (Fsp3) is 0.474. The normalized spacial score (nSPS) is 20.0. The molecule has 0 radical (unpaired) electrons. The van der Waals surface area contributed by atoms with Gasteiger partial charge in [-0.2, -0.15) is 5.10 Å². The quantitative estimate of drug-likeness (QED) is 0.681. The number of nitrogens with one attached hydrogen (secondary N) is 3. The molecule has 0 saturated heterocycles. The van der Waals surface area contributed by atoms with Crippen molar-refractivity contribution < 1.29 is 17.9 Å². The SMILES string of the molecule is CNS(=O)(=O)c1cc(-c2cc(C(=O)N[C@H]3CCCC[C@H]3C)[nH]n2)ccc1OC. The van der Waals surface area contributed by atoms with Crippen molar-refractivity contribution in [2.45, 2.75) is 43.5 Å². The smallest absolute Gasteiger partial charge is 0.269 e. The molecule has 1 amide bonds. The molecular formula is C19H26N4O4S. The third-order valence-corrected chi connectivity index (χ3v) is 6.70. The molecule has 2 atom stereocenters. The maximum Gasteiger partial charge on any atom is 0.269 e. The first kappa shape index (κ1) is 20.3. The van der Waals surface area contributed by atoms with Crippen molar-refractivity contribution in [1.82, 2.24) is 20.2 Å². The van der Waals surface area contributed by atoms with Crippen LogP contribution in [-0.2, 0) is 10.0 Å². The van der Waals surface area contributed by atoms with Crippen LogP contribution in [0.5, 0.6) is 5.75 Å². The Morgan fingerprint density at radius 3 is 2.68 bits per heavy atom. The number of carbonyl (C=O) groups is 1. The Morgan fingerprint density at radius 2 is 2.00 bits per heavy atom. The number of amides is 1. The Balaban J connectivity index is 1.83. The molecule has 28 heavy (non-hydrogen) atoms. The largest absolute Gasteiger partial charge is 0.495 e. The number of ether oxygens (including phenoxy) is 1. The maximum absolute atomic E-state index is 12.6. The fourth-order valence-electron chi connectivity index (χ4n) is 3.52. The predicted molar refractivity (Wildman–Crippen MR) is 106 cm³/mol. The summed E-state index contributed by atoms with van der Waals surface area (Å²) in [6.07, 6.45) is 4.43. The zero-order valence-corrected chi connectivity index (χ0v) is 17.1. The summed E-state index contributed by atoms with van der Waals surface area (Å²) in [6, 6.07) is 6.54. The molecule has 1 aliphatic carbocycles. The van der Waals surface area contributed by atoms with Crippen LogP contribution >= 0.6 is 0 Å². The van der Waals surface area contributed by atoms with Gasteiger partial charge in [0.15, 0.2) is 0 Å². The van der Waals surface area contributed by atoms with E-state index in [1.807, 2.05) is 0 Å². The maximum atomic E-state index is 12.6. The summed E-state index contributed by atoms with van der Waals surface area (Å²) >= 11 is 0. The number of carbonyl (C=O) groups excluding carboxylic acids is 1. The van der Waals surface area contributed by atoms with Crippen LogP contribution in [0, 0.1) is 5.92 Å². The Hall–Kier alpha value is -2.39. The molecule has 0 spiro atoms. The van der Waals surface area contributed by atoms with Crippen molar-refractivity contribution in [3.8, 4) is 17.0 Å². The molecule has 0 unspecified atom stereocenters. The van der Waals surface area contributed by atoms with Gasteiger partial charge in [-0.1, -0.05) is 19.8 Å². The minimum Gasteiger partial charge on any atom is -0.495 e. The summed E-state index contributed by atoms with van der Waals surface area (Å²) in [5.74, 6) is 0.489. The van der Waals surface area contributed by atoms with Crippen LogP contribution in [0.3, 0.4) is 0 Å². The van der Waals surface area contributed by atoms with Crippen molar-refractivity contribution >= 4 is 15.9 Å². The van der Waals surface area contributed by atoms with Gasteiger partial charge < -0.3 is 10.1 Å². The third-order valence-electron chi connectivity index (χ3n) is 5.27. The van der Waals surface area contributed by atoms with Gasteiger partial charge in [-0.3, -0.25) is 9.89 Å². The standard InChI is InChI=1S/C19H26N4O4S/c1-12-6-4-5-7-14(12)21-19(24)16-11-15(22-23-16)13-8-9-17(27-3)18(10-13)28(25,26)20-2/h8-12,14,20H,4-7H2,1-3H3,(H,21,24)(H,22,23)/t12-,14+/m1/s1. The zero-order chi connectivity index (χ0) is 20.3. The van der Waals surface area contributed by atoms with Gasteiger partial charge in [0.1, 0.15) is 16.3 Å². The minimum atomic E-state index is -3.70. The van der Waals surface area contributed by atoms with Gasteiger partial charge in [-0.25, -0.2) is 13.1 Å². The van der Waals surface area contributed by atoms with E-state index in [0.717, 1.165) is 19.3 Å². The van der Waals surface area contributed by atoms with Crippen LogP contribution < -0.4 is 14.8 Å². The number of methoxy groups -OCH3 is 1. The van der Waals surface area contributed by atoms with E-state index in [1.54, 1.807) is 18.2 Å². The molecule has 1 aromatic carbocycles. The molecule has 0 bridgehead atoms. The summed E-state index contributed by atoms with van der Waals surface area (Å²) < 4.78 is 31.9. The van der Waals surface area contributed by atoms with E-state index in [0.29, 0.717) is 22.9 Å².